The summed E-state index contributed by atoms with van der Waals surface area (Å²) in [5, 5.41) is 19.3. The number of carboxylic acid groups (broad SMARTS) is 1. The summed E-state index contributed by atoms with van der Waals surface area (Å²) in [4.78, 5) is 11.0. The van der Waals surface area contributed by atoms with Gasteiger partial charge in [-0.05, 0) is 31.5 Å². The van der Waals surface area contributed by atoms with Crippen LogP contribution in [0.5, 0.6) is 0 Å². The summed E-state index contributed by atoms with van der Waals surface area (Å²) in [7, 11) is 0. The average Bonchev–Trinajstić information content (AvgIpc) is 2.05. The van der Waals surface area contributed by atoms with Gasteiger partial charge in [-0.3, -0.25) is 4.79 Å². The van der Waals surface area contributed by atoms with E-state index in [0.717, 1.165) is 0 Å². The van der Waals surface area contributed by atoms with E-state index in [0.29, 0.717) is 10.6 Å². The third-order valence-corrected chi connectivity index (χ3v) is 2.41. The molecule has 0 saturated heterocycles. The molecule has 1 atom stereocenters. The molecule has 0 saturated carbocycles. The van der Waals surface area contributed by atoms with Gasteiger partial charge >= 0.3 is 5.97 Å². The van der Waals surface area contributed by atoms with E-state index in [4.69, 9.17) is 16.7 Å². The highest BCUT2D eigenvalue weighted by Crippen LogP contribution is 2.29. The second-order valence-electron chi connectivity index (χ2n) is 3.98. The topological polar surface area (TPSA) is 57.5 Å². The van der Waals surface area contributed by atoms with E-state index in [-0.39, 0.29) is 0 Å². The van der Waals surface area contributed by atoms with E-state index in [1.165, 1.54) is 13.8 Å². The fourth-order valence-corrected chi connectivity index (χ4v) is 1.63. The molecular formula is C11H13ClO3. The lowest BCUT2D eigenvalue weighted by Crippen LogP contribution is -2.34. The summed E-state index contributed by atoms with van der Waals surface area (Å²) >= 11 is 5.70. The maximum Gasteiger partial charge on any atom is 0.313 e. The van der Waals surface area contributed by atoms with Gasteiger partial charge in [0.25, 0.3) is 0 Å². The molecule has 1 rings (SSSR count). The normalized spacial score (nSPS) is 13.6. The van der Waals surface area contributed by atoms with E-state index in [1.807, 2.05) is 0 Å². The van der Waals surface area contributed by atoms with Crippen molar-refractivity contribution in [2.75, 3.05) is 0 Å². The monoisotopic (exact) mass is 228 g/mol. The SMILES string of the molecule is CC(C)(O)[C@H](C(=O)O)c1ccc(Cl)cc1. The predicted molar refractivity (Wildman–Crippen MR) is 58.1 cm³/mol. The molecule has 15 heavy (non-hydrogen) atoms. The first kappa shape index (κ1) is 12.0. The molecule has 4 heteroatoms. The largest absolute Gasteiger partial charge is 0.481 e. The van der Waals surface area contributed by atoms with Crippen LogP contribution in [0.1, 0.15) is 25.3 Å². The van der Waals surface area contributed by atoms with Crippen molar-refractivity contribution in [3.63, 3.8) is 0 Å². The van der Waals surface area contributed by atoms with E-state index in [2.05, 4.69) is 0 Å². The first-order valence-corrected chi connectivity index (χ1v) is 4.91. The second-order valence-corrected chi connectivity index (χ2v) is 4.41. The van der Waals surface area contributed by atoms with E-state index < -0.39 is 17.5 Å². The molecule has 0 aliphatic heterocycles. The zero-order chi connectivity index (χ0) is 11.6. The van der Waals surface area contributed by atoms with Crippen molar-refractivity contribution in [1.29, 1.82) is 0 Å². The fraction of sp³-hybridized carbons (Fsp3) is 0.364. The molecule has 3 nitrogen and oxygen atoms in total. The van der Waals surface area contributed by atoms with E-state index in [1.54, 1.807) is 24.3 Å². The number of carboxylic acids is 1. The minimum atomic E-state index is -1.31. The van der Waals surface area contributed by atoms with Crippen LogP contribution in [-0.4, -0.2) is 21.8 Å². The molecule has 0 aliphatic rings. The predicted octanol–water partition coefficient (Wildman–Crippen LogP) is 2.28. The molecule has 0 radical (unpaired) electrons. The molecule has 0 bridgehead atoms. The summed E-state index contributed by atoms with van der Waals surface area (Å²) in [6.45, 7) is 2.95. The average molecular weight is 229 g/mol. The number of aliphatic hydroxyl groups is 1. The summed E-state index contributed by atoms with van der Waals surface area (Å²) < 4.78 is 0. The first-order chi connectivity index (χ1) is 6.82. The van der Waals surface area contributed by atoms with Crippen molar-refractivity contribution >= 4 is 17.6 Å². The van der Waals surface area contributed by atoms with Crippen LogP contribution < -0.4 is 0 Å². The van der Waals surface area contributed by atoms with Gasteiger partial charge in [-0.1, -0.05) is 23.7 Å². The van der Waals surface area contributed by atoms with Gasteiger partial charge in [-0.2, -0.15) is 0 Å². The minimum Gasteiger partial charge on any atom is -0.481 e. The summed E-state index contributed by atoms with van der Waals surface area (Å²) in [5.74, 6) is -2.00. The molecule has 2 N–H and O–H groups in total. The van der Waals surface area contributed by atoms with Crippen LogP contribution in [0.4, 0.5) is 0 Å². The number of rotatable bonds is 3. The number of benzene rings is 1. The molecule has 1 aromatic carbocycles. The zero-order valence-corrected chi connectivity index (χ0v) is 9.32. The van der Waals surface area contributed by atoms with Crippen LogP contribution in [-0.2, 0) is 4.79 Å². The maximum absolute atomic E-state index is 11.0. The molecule has 0 fully saturated rings. The van der Waals surface area contributed by atoms with Gasteiger partial charge in [0.2, 0.25) is 0 Å². The van der Waals surface area contributed by atoms with Gasteiger partial charge in [0.1, 0.15) is 5.92 Å². The van der Waals surface area contributed by atoms with E-state index in [9.17, 15) is 9.90 Å². The number of hydrogen-bond acceptors (Lipinski definition) is 2. The third kappa shape index (κ3) is 2.94. The molecule has 1 aromatic rings. The van der Waals surface area contributed by atoms with Crippen LogP contribution >= 0.6 is 11.6 Å². The van der Waals surface area contributed by atoms with Gasteiger partial charge in [0.05, 0.1) is 5.60 Å². The lowest BCUT2D eigenvalue weighted by atomic mass is 9.85. The maximum atomic E-state index is 11.0. The minimum absolute atomic E-state index is 0.540. The van der Waals surface area contributed by atoms with Crippen molar-refractivity contribution in [1.82, 2.24) is 0 Å². The Balaban J connectivity index is 3.11. The molecule has 0 aromatic heterocycles. The van der Waals surface area contributed by atoms with Crippen LogP contribution in [0.15, 0.2) is 24.3 Å². The summed E-state index contributed by atoms with van der Waals surface area (Å²) in [5.41, 5.74) is -0.765. The van der Waals surface area contributed by atoms with Crippen LogP contribution in [0.25, 0.3) is 0 Å². The highest BCUT2D eigenvalue weighted by Gasteiger charge is 2.34. The van der Waals surface area contributed by atoms with Crippen molar-refractivity contribution in [2.24, 2.45) is 0 Å². The van der Waals surface area contributed by atoms with Crippen molar-refractivity contribution < 1.29 is 15.0 Å². The van der Waals surface area contributed by atoms with Crippen molar-refractivity contribution in [3.8, 4) is 0 Å². The molecule has 82 valence electrons. The van der Waals surface area contributed by atoms with Gasteiger partial charge < -0.3 is 10.2 Å². The quantitative estimate of drug-likeness (QED) is 0.835. The number of carbonyl (C=O) groups is 1. The Morgan fingerprint density at radius 1 is 1.33 bits per heavy atom. The number of halogens is 1. The zero-order valence-electron chi connectivity index (χ0n) is 8.57. The van der Waals surface area contributed by atoms with Gasteiger partial charge in [0.15, 0.2) is 0 Å². The highest BCUT2D eigenvalue weighted by atomic mass is 35.5. The Kier molecular flexibility index (Phi) is 3.37. The first-order valence-electron chi connectivity index (χ1n) is 4.53. The standard InChI is InChI=1S/C11H13ClO3/c1-11(2,15)9(10(13)14)7-3-5-8(12)6-4-7/h3-6,9,15H,1-2H3,(H,13,14)/t9-/m0/s1. The Morgan fingerprint density at radius 3 is 2.13 bits per heavy atom. The Hall–Kier alpha value is -1.06. The summed E-state index contributed by atoms with van der Waals surface area (Å²) in [6, 6.07) is 6.44. The molecule has 0 spiro atoms. The van der Waals surface area contributed by atoms with Crippen LogP contribution in [0.3, 0.4) is 0 Å². The molecule has 0 amide bonds. The van der Waals surface area contributed by atoms with Crippen molar-refractivity contribution in [3.05, 3.63) is 34.9 Å². The van der Waals surface area contributed by atoms with E-state index >= 15 is 0 Å². The lowest BCUT2D eigenvalue weighted by Gasteiger charge is -2.25. The Bertz CT molecular complexity index is 351. The second kappa shape index (κ2) is 4.21. The number of hydrogen-bond donors (Lipinski definition) is 2. The molecule has 0 unspecified atom stereocenters. The molecular weight excluding hydrogens is 216 g/mol. The molecule has 0 aliphatic carbocycles. The van der Waals surface area contributed by atoms with Gasteiger partial charge in [-0.15, -0.1) is 0 Å². The Labute approximate surface area is 93.3 Å². The third-order valence-electron chi connectivity index (χ3n) is 2.16. The fourth-order valence-electron chi connectivity index (χ4n) is 1.51. The van der Waals surface area contributed by atoms with Crippen LogP contribution in [0, 0.1) is 0 Å². The summed E-state index contributed by atoms with van der Waals surface area (Å²) in [6.07, 6.45) is 0. The van der Waals surface area contributed by atoms with Gasteiger partial charge in [-0.25, -0.2) is 0 Å². The lowest BCUT2D eigenvalue weighted by molar-refractivity contribution is -0.144. The van der Waals surface area contributed by atoms with Crippen molar-refractivity contribution in [2.45, 2.75) is 25.4 Å². The van der Waals surface area contributed by atoms with Gasteiger partial charge in [0, 0.05) is 5.02 Å². The molecule has 0 heterocycles. The highest BCUT2D eigenvalue weighted by molar-refractivity contribution is 6.30. The smallest absolute Gasteiger partial charge is 0.313 e. The number of aliphatic carboxylic acids is 1. The van der Waals surface area contributed by atoms with Crippen LogP contribution in [0.2, 0.25) is 5.02 Å². The Morgan fingerprint density at radius 2 is 1.80 bits per heavy atom.